The second-order valence-electron chi connectivity index (χ2n) is 9.36. The summed E-state index contributed by atoms with van der Waals surface area (Å²) in [5.41, 5.74) is 2.09. The smallest absolute Gasteiger partial charge is 0.250 e. The first-order valence-corrected chi connectivity index (χ1v) is 14.4. The largest absolute Gasteiger partial charge is 0.293 e. The van der Waals surface area contributed by atoms with Crippen LogP contribution in [0.25, 0.3) is 16.2 Å². The van der Waals surface area contributed by atoms with Crippen molar-refractivity contribution in [2.45, 2.75) is 110 Å². The molecule has 0 spiro atoms. The van der Waals surface area contributed by atoms with Crippen LogP contribution >= 0.6 is 11.3 Å². The standard InChI is InChI=1S/C28H42N4OS/c1-2-3-4-5-6-7-8-9-10-11-12-13-14-15-19-22-26(33)29-27-30-28-32(31-27)25(23-34-28)24-20-17-16-18-21-24/h16-18,20-21,23H,2-15,19,22H2,1H3,(H,29,31,33). The number of thiazole rings is 1. The van der Waals surface area contributed by atoms with Crippen LogP contribution in [0.15, 0.2) is 35.7 Å². The van der Waals surface area contributed by atoms with Crippen molar-refractivity contribution in [2.75, 3.05) is 5.32 Å². The number of amides is 1. The number of carbonyl (C=O) groups excluding carboxylic acids is 1. The Morgan fingerprint density at radius 3 is 1.97 bits per heavy atom. The molecule has 1 aromatic carbocycles. The van der Waals surface area contributed by atoms with E-state index in [0.29, 0.717) is 12.4 Å². The Kier molecular flexibility index (Phi) is 12.1. The SMILES string of the molecule is CCCCCCCCCCCCCCCCCC(=O)Nc1nc2scc(-c3ccccc3)n2n1. The topological polar surface area (TPSA) is 59.3 Å². The first-order valence-electron chi connectivity index (χ1n) is 13.5. The van der Waals surface area contributed by atoms with Gasteiger partial charge in [-0.05, 0) is 6.42 Å². The maximum atomic E-state index is 12.3. The number of rotatable bonds is 18. The summed E-state index contributed by atoms with van der Waals surface area (Å²) in [6.07, 6.45) is 20.5. The maximum absolute atomic E-state index is 12.3. The van der Waals surface area contributed by atoms with Gasteiger partial charge in [0, 0.05) is 17.4 Å². The van der Waals surface area contributed by atoms with Gasteiger partial charge in [-0.25, -0.2) is 4.52 Å². The molecule has 0 aliphatic heterocycles. The van der Waals surface area contributed by atoms with Crippen LogP contribution in [-0.4, -0.2) is 20.5 Å². The minimum absolute atomic E-state index is 0.00853. The fourth-order valence-electron chi connectivity index (χ4n) is 4.39. The lowest BCUT2D eigenvalue weighted by Gasteiger charge is -2.04. The molecule has 0 radical (unpaired) electrons. The summed E-state index contributed by atoms with van der Waals surface area (Å²) < 4.78 is 1.81. The van der Waals surface area contributed by atoms with Gasteiger partial charge in [-0.15, -0.1) is 16.4 Å². The third-order valence-corrected chi connectivity index (χ3v) is 7.23. The number of nitrogens with zero attached hydrogens (tertiary/aromatic N) is 3. The van der Waals surface area contributed by atoms with E-state index in [9.17, 15) is 4.79 Å². The second kappa shape index (κ2) is 15.6. The van der Waals surface area contributed by atoms with Crippen LogP contribution in [0.1, 0.15) is 110 Å². The van der Waals surface area contributed by atoms with Crippen molar-refractivity contribution in [1.29, 1.82) is 0 Å². The van der Waals surface area contributed by atoms with Crippen molar-refractivity contribution in [3.05, 3.63) is 35.7 Å². The van der Waals surface area contributed by atoms with E-state index in [1.54, 1.807) is 0 Å². The monoisotopic (exact) mass is 482 g/mol. The summed E-state index contributed by atoms with van der Waals surface area (Å²) in [6, 6.07) is 10.1. The van der Waals surface area contributed by atoms with Gasteiger partial charge >= 0.3 is 0 Å². The van der Waals surface area contributed by atoms with E-state index in [2.05, 4.69) is 34.5 Å². The molecule has 1 amide bonds. The van der Waals surface area contributed by atoms with Crippen LogP contribution < -0.4 is 5.32 Å². The van der Waals surface area contributed by atoms with Gasteiger partial charge in [-0.3, -0.25) is 10.1 Å². The van der Waals surface area contributed by atoms with Crippen LogP contribution in [0.4, 0.5) is 5.95 Å². The molecule has 2 heterocycles. The van der Waals surface area contributed by atoms with E-state index in [0.717, 1.165) is 29.1 Å². The molecular formula is C28H42N4OS. The quantitative estimate of drug-likeness (QED) is 0.184. The highest BCUT2D eigenvalue weighted by molar-refractivity contribution is 7.15. The summed E-state index contributed by atoms with van der Waals surface area (Å²) in [5.74, 6) is 0.407. The first-order chi connectivity index (χ1) is 16.8. The summed E-state index contributed by atoms with van der Waals surface area (Å²) >= 11 is 1.53. The number of carbonyl (C=O) groups is 1. The number of nitrogens with one attached hydrogen (secondary N) is 1. The predicted octanol–water partition coefficient (Wildman–Crippen LogP) is 8.66. The van der Waals surface area contributed by atoms with Gasteiger partial charge in [0.2, 0.25) is 16.8 Å². The molecule has 5 nitrogen and oxygen atoms in total. The number of benzene rings is 1. The Morgan fingerprint density at radius 2 is 1.38 bits per heavy atom. The zero-order valence-corrected chi connectivity index (χ0v) is 21.8. The number of hydrogen-bond donors (Lipinski definition) is 1. The van der Waals surface area contributed by atoms with Crippen molar-refractivity contribution in [3.63, 3.8) is 0 Å². The molecule has 0 saturated heterocycles. The highest BCUT2D eigenvalue weighted by Gasteiger charge is 2.13. The van der Waals surface area contributed by atoms with Gasteiger partial charge in [0.1, 0.15) is 0 Å². The zero-order valence-electron chi connectivity index (χ0n) is 20.9. The average molecular weight is 483 g/mol. The lowest BCUT2D eigenvalue weighted by Crippen LogP contribution is -2.12. The van der Waals surface area contributed by atoms with Gasteiger partial charge in [0.25, 0.3) is 0 Å². The minimum Gasteiger partial charge on any atom is -0.293 e. The van der Waals surface area contributed by atoms with Gasteiger partial charge in [0.05, 0.1) is 5.69 Å². The molecule has 0 atom stereocenters. The third-order valence-electron chi connectivity index (χ3n) is 6.41. The number of unbranched alkanes of at least 4 members (excludes halogenated alkanes) is 14. The zero-order chi connectivity index (χ0) is 23.8. The molecule has 3 rings (SSSR count). The summed E-state index contributed by atoms with van der Waals surface area (Å²) in [7, 11) is 0. The van der Waals surface area contributed by atoms with Crippen LogP contribution in [0.3, 0.4) is 0 Å². The molecule has 0 unspecified atom stereocenters. The lowest BCUT2D eigenvalue weighted by atomic mass is 10.0. The Labute approximate surface area is 209 Å². The highest BCUT2D eigenvalue weighted by atomic mass is 32.1. The van der Waals surface area contributed by atoms with E-state index in [1.165, 1.54) is 94.8 Å². The number of anilines is 1. The molecule has 6 heteroatoms. The summed E-state index contributed by atoms with van der Waals surface area (Å²) in [6.45, 7) is 2.28. The summed E-state index contributed by atoms with van der Waals surface area (Å²) in [4.78, 5) is 17.6. The van der Waals surface area contributed by atoms with Crippen molar-refractivity contribution in [1.82, 2.24) is 14.6 Å². The fourth-order valence-corrected chi connectivity index (χ4v) is 5.22. The van der Waals surface area contributed by atoms with E-state index in [-0.39, 0.29) is 5.91 Å². The minimum atomic E-state index is 0.00853. The van der Waals surface area contributed by atoms with Crippen LogP contribution in [0.5, 0.6) is 0 Å². The Balaban J connectivity index is 1.20. The molecule has 3 aromatic rings. The van der Waals surface area contributed by atoms with Crippen molar-refractivity contribution >= 4 is 28.2 Å². The van der Waals surface area contributed by atoms with Crippen LogP contribution in [0, 0.1) is 0 Å². The Bertz CT molecular complexity index is 950. The molecule has 186 valence electrons. The van der Waals surface area contributed by atoms with Gasteiger partial charge in [0.15, 0.2) is 0 Å². The number of hydrogen-bond acceptors (Lipinski definition) is 4. The van der Waals surface area contributed by atoms with Crippen molar-refractivity contribution in [2.24, 2.45) is 0 Å². The summed E-state index contributed by atoms with van der Waals surface area (Å²) in [5, 5.41) is 9.41. The van der Waals surface area contributed by atoms with E-state index >= 15 is 0 Å². The van der Waals surface area contributed by atoms with Crippen molar-refractivity contribution < 1.29 is 4.79 Å². The van der Waals surface area contributed by atoms with E-state index < -0.39 is 0 Å². The molecule has 34 heavy (non-hydrogen) atoms. The van der Waals surface area contributed by atoms with Gasteiger partial charge in [-0.1, -0.05) is 127 Å². The van der Waals surface area contributed by atoms with Crippen LogP contribution in [-0.2, 0) is 4.79 Å². The molecule has 2 aromatic heterocycles. The third kappa shape index (κ3) is 9.21. The molecule has 0 aliphatic rings. The maximum Gasteiger partial charge on any atom is 0.250 e. The predicted molar refractivity (Wildman–Crippen MR) is 144 cm³/mol. The normalized spacial score (nSPS) is 11.3. The lowest BCUT2D eigenvalue weighted by molar-refractivity contribution is -0.116. The number of fused-ring (bicyclic) bond motifs is 1. The van der Waals surface area contributed by atoms with Crippen molar-refractivity contribution in [3.8, 4) is 11.3 Å². The van der Waals surface area contributed by atoms with E-state index in [1.807, 2.05) is 28.1 Å². The van der Waals surface area contributed by atoms with Crippen LogP contribution in [0.2, 0.25) is 0 Å². The van der Waals surface area contributed by atoms with Gasteiger partial charge < -0.3 is 0 Å². The van der Waals surface area contributed by atoms with E-state index in [4.69, 9.17) is 0 Å². The first kappa shape index (κ1) is 26.4. The molecule has 0 bridgehead atoms. The molecule has 0 fully saturated rings. The molecule has 0 saturated carbocycles. The highest BCUT2D eigenvalue weighted by Crippen LogP contribution is 2.25. The Hall–Kier alpha value is -2.21. The molecular weight excluding hydrogens is 440 g/mol. The number of aromatic nitrogens is 3. The average Bonchev–Trinajstić information content (AvgIpc) is 3.42. The van der Waals surface area contributed by atoms with Gasteiger partial charge in [-0.2, -0.15) is 4.98 Å². The fraction of sp³-hybridized carbons (Fsp3) is 0.607. The molecule has 0 aliphatic carbocycles. The second-order valence-corrected chi connectivity index (χ2v) is 10.2. The Morgan fingerprint density at radius 1 is 0.824 bits per heavy atom. The molecule has 1 N–H and O–H groups in total.